The molecule has 4 rings (SSSR count). The van der Waals surface area contributed by atoms with Crippen LogP contribution in [0.25, 0.3) is 11.0 Å². The van der Waals surface area contributed by atoms with E-state index in [1.165, 1.54) is 0 Å². The van der Waals surface area contributed by atoms with Crippen molar-refractivity contribution in [1.82, 2.24) is 0 Å². The fourth-order valence-electron chi connectivity index (χ4n) is 4.29. The second-order valence-corrected chi connectivity index (χ2v) is 6.82. The summed E-state index contributed by atoms with van der Waals surface area (Å²) in [5.41, 5.74) is 2.01. The first-order chi connectivity index (χ1) is 8.97. The molecule has 1 heterocycles. The molecule has 2 bridgehead atoms. The fourth-order valence-corrected chi connectivity index (χ4v) is 4.29. The number of hydrogen-bond acceptors (Lipinski definition) is 2. The van der Waals surface area contributed by atoms with Gasteiger partial charge in [0.05, 0.1) is 5.39 Å². The van der Waals surface area contributed by atoms with Crippen LogP contribution in [0, 0.1) is 5.41 Å². The third-order valence-electron chi connectivity index (χ3n) is 5.91. The van der Waals surface area contributed by atoms with Gasteiger partial charge in [0.15, 0.2) is 5.43 Å². The first kappa shape index (κ1) is 11.3. The Morgan fingerprint density at radius 1 is 1.21 bits per heavy atom. The molecule has 2 unspecified atom stereocenters. The maximum atomic E-state index is 12.8. The molecule has 2 aliphatic rings. The van der Waals surface area contributed by atoms with Crippen LogP contribution in [0.2, 0.25) is 0 Å². The van der Waals surface area contributed by atoms with E-state index in [9.17, 15) is 4.79 Å². The lowest BCUT2D eigenvalue weighted by atomic mass is 9.70. The summed E-state index contributed by atoms with van der Waals surface area (Å²) in [6.45, 7) is 6.82. The predicted molar refractivity (Wildman–Crippen MR) is 75.6 cm³/mol. The highest BCUT2D eigenvalue weighted by atomic mass is 16.3. The second kappa shape index (κ2) is 3.12. The second-order valence-electron chi connectivity index (χ2n) is 6.82. The fraction of sp³-hybridized carbons (Fsp3) is 0.471. The van der Waals surface area contributed by atoms with E-state index < -0.39 is 0 Å². The van der Waals surface area contributed by atoms with Crippen molar-refractivity contribution in [2.75, 3.05) is 0 Å². The van der Waals surface area contributed by atoms with Crippen LogP contribution in [0.1, 0.15) is 50.9 Å². The number of para-hydroxylation sites is 1. The first-order valence-corrected chi connectivity index (χ1v) is 7.03. The van der Waals surface area contributed by atoms with Crippen molar-refractivity contribution in [2.24, 2.45) is 5.41 Å². The molecule has 1 saturated carbocycles. The van der Waals surface area contributed by atoms with E-state index in [1.807, 2.05) is 24.3 Å². The number of fused-ring (bicyclic) bond motifs is 6. The van der Waals surface area contributed by atoms with Gasteiger partial charge in [-0.25, -0.2) is 0 Å². The Kier molecular flexibility index (Phi) is 1.85. The zero-order chi connectivity index (χ0) is 13.4. The summed E-state index contributed by atoms with van der Waals surface area (Å²) >= 11 is 0. The molecule has 2 nitrogen and oxygen atoms in total. The maximum absolute atomic E-state index is 12.8. The molecule has 2 aromatic rings. The summed E-state index contributed by atoms with van der Waals surface area (Å²) < 4.78 is 6.16. The normalized spacial score (nSPS) is 30.8. The predicted octanol–water partition coefficient (Wildman–Crippen LogP) is 3.97. The van der Waals surface area contributed by atoms with Gasteiger partial charge in [-0.05, 0) is 36.3 Å². The molecular formula is C17H18O2. The van der Waals surface area contributed by atoms with Crippen molar-refractivity contribution in [3.8, 4) is 0 Å². The Hall–Kier alpha value is -1.57. The molecular weight excluding hydrogens is 236 g/mol. The molecule has 2 aliphatic carbocycles. The summed E-state index contributed by atoms with van der Waals surface area (Å²) in [6.07, 6.45) is 2.23. The van der Waals surface area contributed by atoms with Crippen LogP contribution >= 0.6 is 0 Å². The molecule has 2 atom stereocenters. The van der Waals surface area contributed by atoms with Gasteiger partial charge in [0, 0.05) is 11.0 Å². The van der Waals surface area contributed by atoms with E-state index in [-0.39, 0.29) is 16.3 Å². The minimum absolute atomic E-state index is 0.0101. The highest BCUT2D eigenvalue weighted by Crippen LogP contribution is 2.67. The van der Waals surface area contributed by atoms with E-state index in [0.29, 0.717) is 5.92 Å². The highest BCUT2D eigenvalue weighted by molar-refractivity contribution is 5.78. The Morgan fingerprint density at radius 3 is 2.74 bits per heavy atom. The van der Waals surface area contributed by atoms with Gasteiger partial charge < -0.3 is 4.42 Å². The van der Waals surface area contributed by atoms with Gasteiger partial charge in [-0.15, -0.1) is 0 Å². The maximum Gasteiger partial charge on any atom is 0.196 e. The molecule has 19 heavy (non-hydrogen) atoms. The van der Waals surface area contributed by atoms with Crippen molar-refractivity contribution in [2.45, 2.75) is 44.9 Å². The van der Waals surface area contributed by atoms with Gasteiger partial charge in [0.25, 0.3) is 0 Å². The Morgan fingerprint density at radius 2 is 1.95 bits per heavy atom. The van der Waals surface area contributed by atoms with E-state index in [1.54, 1.807) is 0 Å². The van der Waals surface area contributed by atoms with E-state index in [2.05, 4.69) is 20.8 Å². The SMILES string of the molecule is CC12CCC(c3c1oc1ccccc1c3=O)C2(C)C. The zero-order valence-corrected chi connectivity index (χ0v) is 11.6. The number of rotatable bonds is 0. The van der Waals surface area contributed by atoms with Crippen LogP contribution in [0.15, 0.2) is 33.5 Å². The third-order valence-corrected chi connectivity index (χ3v) is 5.91. The highest BCUT2D eigenvalue weighted by Gasteiger charge is 2.62. The van der Waals surface area contributed by atoms with Crippen molar-refractivity contribution in [3.05, 3.63) is 45.8 Å². The quantitative estimate of drug-likeness (QED) is 0.712. The average Bonchev–Trinajstić information content (AvgIpc) is 2.71. The van der Waals surface area contributed by atoms with Gasteiger partial charge in [0.2, 0.25) is 0 Å². The minimum atomic E-state index is 0.0101. The Labute approximate surface area is 112 Å². The van der Waals surface area contributed by atoms with E-state index in [4.69, 9.17) is 4.42 Å². The van der Waals surface area contributed by atoms with Crippen LogP contribution in [0.5, 0.6) is 0 Å². The summed E-state index contributed by atoms with van der Waals surface area (Å²) in [5, 5.41) is 0.730. The molecule has 0 spiro atoms. The average molecular weight is 254 g/mol. The smallest absolute Gasteiger partial charge is 0.196 e. The van der Waals surface area contributed by atoms with Gasteiger partial charge >= 0.3 is 0 Å². The summed E-state index contributed by atoms with van der Waals surface area (Å²) in [6, 6.07) is 7.62. The molecule has 0 saturated heterocycles. The number of benzene rings is 1. The largest absolute Gasteiger partial charge is 0.460 e. The Bertz CT molecular complexity index is 753. The summed E-state index contributed by atoms with van der Waals surface area (Å²) in [7, 11) is 0. The molecule has 1 aromatic heterocycles. The molecule has 0 aliphatic heterocycles. The summed E-state index contributed by atoms with van der Waals surface area (Å²) in [5.74, 6) is 1.31. The monoisotopic (exact) mass is 254 g/mol. The Balaban J connectivity index is 2.17. The summed E-state index contributed by atoms with van der Waals surface area (Å²) in [4.78, 5) is 12.8. The van der Waals surface area contributed by atoms with Crippen molar-refractivity contribution < 1.29 is 4.42 Å². The van der Waals surface area contributed by atoms with Gasteiger partial charge in [-0.3, -0.25) is 4.79 Å². The van der Waals surface area contributed by atoms with Crippen LogP contribution in [-0.2, 0) is 5.41 Å². The molecule has 2 heteroatoms. The molecule has 1 fully saturated rings. The molecule has 0 amide bonds. The molecule has 1 aromatic carbocycles. The van der Waals surface area contributed by atoms with Crippen LogP contribution in [0.3, 0.4) is 0 Å². The lowest BCUT2D eigenvalue weighted by Crippen LogP contribution is -2.31. The first-order valence-electron chi connectivity index (χ1n) is 7.03. The minimum Gasteiger partial charge on any atom is -0.460 e. The van der Waals surface area contributed by atoms with Gasteiger partial charge in [-0.1, -0.05) is 32.9 Å². The zero-order valence-electron chi connectivity index (χ0n) is 11.6. The van der Waals surface area contributed by atoms with Crippen LogP contribution in [-0.4, -0.2) is 0 Å². The lowest BCUT2D eigenvalue weighted by Gasteiger charge is -2.33. The standard InChI is InChI=1S/C17H18O2/c1-16(2)11-8-9-17(16,3)15-13(11)14(18)10-6-4-5-7-12(10)19-15/h4-7,11H,8-9H2,1-3H3. The topological polar surface area (TPSA) is 30.2 Å². The van der Waals surface area contributed by atoms with Crippen LogP contribution in [0.4, 0.5) is 0 Å². The van der Waals surface area contributed by atoms with Crippen molar-refractivity contribution in [1.29, 1.82) is 0 Å². The molecule has 0 N–H and O–H groups in total. The van der Waals surface area contributed by atoms with Crippen molar-refractivity contribution in [3.63, 3.8) is 0 Å². The van der Waals surface area contributed by atoms with E-state index in [0.717, 1.165) is 35.1 Å². The van der Waals surface area contributed by atoms with Crippen LogP contribution < -0.4 is 5.43 Å². The third kappa shape index (κ3) is 1.07. The van der Waals surface area contributed by atoms with Gasteiger partial charge in [0.1, 0.15) is 11.3 Å². The van der Waals surface area contributed by atoms with E-state index >= 15 is 0 Å². The molecule has 0 radical (unpaired) electrons. The molecule has 98 valence electrons. The van der Waals surface area contributed by atoms with Crippen molar-refractivity contribution >= 4 is 11.0 Å². The van der Waals surface area contributed by atoms with Gasteiger partial charge in [-0.2, -0.15) is 0 Å². The number of hydrogen-bond donors (Lipinski definition) is 0. The lowest BCUT2D eigenvalue weighted by molar-refractivity contribution is 0.207.